The maximum absolute atomic E-state index is 12.6. The first kappa shape index (κ1) is 17.6. The summed E-state index contributed by atoms with van der Waals surface area (Å²) >= 11 is 0. The molecule has 0 radical (unpaired) electrons. The minimum Gasteiger partial charge on any atom is -0.421 e. The SMILES string of the molecule is O=C(NCCc1nnc(-c2ccccc2)o1)c1ccnc(C(F)(F)F)c1. The first-order valence-electron chi connectivity index (χ1n) is 7.63. The number of carbonyl (C=O) groups is 1. The third kappa shape index (κ3) is 4.24. The molecule has 134 valence electrons. The van der Waals surface area contributed by atoms with Crippen LogP contribution in [0.4, 0.5) is 13.2 Å². The van der Waals surface area contributed by atoms with Crippen LogP contribution in [-0.2, 0) is 12.6 Å². The van der Waals surface area contributed by atoms with Crippen LogP contribution in [-0.4, -0.2) is 27.6 Å². The number of halogens is 3. The van der Waals surface area contributed by atoms with Gasteiger partial charge in [0.15, 0.2) is 0 Å². The molecule has 26 heavy (non-hydrogen) atoms. The van der Waals surface area contributed by atoms with Crippen LogP contribution < -0.4 is 5.32 Å². The fraction of sp³-hybridized carbons (Fsp3) is 0.176. The fourth-order valence-corrected chi connectivity index (χ4v) is 2.16. The number of nitrogens with zero attached hydrogens (tertiary/aromatic N) is 3. The lowest BCUT2D eigenvalue weighted by atomic mass is 10.2. The van der Waals surface area contributed by atoms with Crippen molar-refractivity contribution in [3.63, 3.8) is 0 Å². The van der Waals surface area contributed by atoms with E-state index in [2.05, 4.69) is 20.5 Å². The van der Waals surface area contributed by atoms with Crippen LogP contribution in [0.2, 0.25) is 0 Å². The maximum atomic E-state index is 12.6. The zero-order chi connectivity index (χ0) is 18.6. The summed E-state index contributed by atoms with van der Waals surface area (Å²) < 4.78 is 43.4. The number of hydrogen-bond donors (Lipinski definition) is 1. The Hall–Kier alpha value is -3.23. The van der Waals surface area contributed by atoms with E-state index in [0.29, 0.717) is 17.8 Å². The molecule has 9 heteroatoms. The topological polar surface area (TPSA) is 80.9 Å². The fourth-order valence-electron chi connectivity index (χ4n) is 2.16. The standard InChI is InChI=1S/C17H13F3N4O2/c18-17(19,20)13-10-12(6-8-21-13)15(25)22-9-7-14-23-24-16(26-14)11-4-2-1-3-5-11/h1-6,8,10H,7,9H2,(H,22,25). The Morgan fingerprint density at radius 2 is 1.88 bits per heavy atom. The molecule has 2 aromatic heterocycles. The van der Waals surface area contributed by atoms with Crippen molar-refractivity contribution in [1.82, 2.24) is 20.5 Å². The molecule has 0 saturated heterocycles. The van der Waals surface area contributed by atoms with Crippen molar-refractivity contribution in [2.75, 3.05) is 6.54 Å². The number of nitrogens with one attached hydrogen (secondary N) is 1. The Labute approximate surface area is 146 Å². The molecule has 0 aliphatic carbocycles. The number of carbonyl (C=O) groups excluding carboxylic acids is 1. The van der Waals surface area contributed by atoms with E-state index >= 15 is 0 Å². The van der Waals surface area contributed by atoms with E-state index in [1.807, 2.05) is 30.3 Å². The third-order valence-corrected chi connectivity index (χ3v) is 3.42. The minimum absolute atomic E-state index is 0.122. The predicted molar refractivity (Wildman–Crippen MR) is 85.0 cm³/mol. The third-order valence-electron chi connectivity index (χ3n) is 3.42. The average Bonchev–Trinajstić information content (AvgIpc) is 3.11. The van der Waals surface area contributed by atoms with Crippen LogP contribution in [0.25, 0.3) is 11.5 Å². The van der Waals surface area contributed by atoms with E-state index < -0.39 is 17.8 Å². The van der Waals surface area contributed by atoms with Gasteiger partial charge in [0.05, 0.1) is 0 Å². The molecular weight excluding hydrogens is 349 g/mol. The Morgan fingerprint density at radius 3 is 2.62 bits per heavy atom. The van der Waals surface area contributed by atoms with E-state index in [4.69, 9.17) is 4.42 Å². The van der Waals surface area contributed by atoms with E-state index in [9.17, 15) is 18.0 Å². The Morgan fingerprint density at radius 1 is 1.12 bits per heavy atom. The zero-order valence-corrected chi connectivity index (χ0v) is 13.3. The molecule has 6 nitrogen and oxygen atoms in total. The molecule has 0 saturated carbocycles. The summed E-state index contributed by atoms with van der Waals surface area (Å²) in [6.45, 7) is 0.138. The minimum atomic E-state index is -4.60. The number of pyridine rings is 1. The second-order valence-electron chi connectivity index (χ2n) is 5.30. The summed E-state index contributed by atoms with van der Waals surface area (Å²) in [6, 6.07) is 11.1. The van der Waals surface area contributed by atoms with Gasteiger partial charge in [-0.3, -0.25) is 9.78 Å². The Balaban J connectivity index is 1.57. The number of rotatable bonds is 5. The van der Waals surface area contributed by atoms with Gasteiger partial charge in [0.25, 0.3) is 5.91 Å². The largest absolute Gasteiger partial charge is 0.433 e. The van der Waals surface area contributed by atoms with Crippen LogP contribution >= 0.6 is 0 Å². The summed E-state index contributed by atoms with van der Waals surface area (Å²) in [7, 11) is 0. The summed E-state index contributed by atoms with van der Waals surface area (Å²) in [4.78, 5) is 15.2. The maximum Gasteiger partial charge on any atom is 0.433 e. The van der Waals surface area contributed by atoms with E-state index in [1.165, 1.54) is 6.07 Å². The number of alkyl halides is 3. The van der Waals surface area contributed by atoms with Crippen LogP contribution in [0.1, 0.15) is 21.9 Å². The van der Waals surface area contributed by atoms with Gasteiger partial charge in [0.2, 0.25) is 11.8 Å². The van der Waals surface area contributed by atoms with Gasteiger partial charge in [0, 0.05) is 30.3 Å². The van der Waals surface area contributed by atoms with Crippen molar-refractivity contribution < 1.29 is 22.4 Å². The molecule has 0 unspecified atom stereocenters. The van der Waals surface area contributed by atoms with Gasteiger partial charge in [-0.1, -0.05) is 18.2 Å². The highest BCUT2D eigenvalue weighted by Crippen LogP contribution is 2.27. The second-order valence-corrected chi connectivity index (χ2v) is 5.30. The van der Waals surface area contributed by atoms with Crippen molar-refractivity contribution in [1.29, 1.82) is 0 Å². The van der Waals surface area contributed by atoms with Gasteiger partial charge in [-0.2, -0.15) is 13.2 Å². The lowest BCUT2D eigenvalue weighted by molar-refractivity contribution is -0.141. The van der Waals surface area contributed by atoms with Crippen molar-refractivity contribution >= 4 is 5.91 Å². The van der Waals surface area contributed by atoms with Crippen LogP contribution in [0.5, 0.6) is 0 Å². The van der Waals surface area contributed by atoms with Crippen LogP contribution in [0, 0.1) is 0 Å². The van der Waals surface area contributed by atoms with E-state index in [-0.39, 0.29) is 18.5 Å². The first-order chi connectivity index (χ1) is 12.4. The summed E-state index contributed by atoms with van der Waals surface area (Å²) in [6.07, 6.45) is -3.40. The predicted octanol–water partition coefficient (Wildman–Crippen LogP) is 3.12. The lowest BCUT2D eigenvalue weighted by Gasteiger charge is -2.07. The molecule has 1 aromatic carbocycles. The van der Waals surface area contributed by atoms with Gasteiger partial charge in [-0.15, -0.1) is 10.2 Å². The molecule has 1 amide bonds. The molecule has 0 bridgehead atoms. The van der Waals surface area contributed by atoms with Gasteiger partial charge in [-0.25, -0.2) is 0 Å². The smallest absolute Gasteiger partial charge is 0.421 e. The monoisotopic (exact) mass is 362 g/mol. The molecule has 0 fully saturated rings. The van der Waals surface area contributed by atoms with Gasteiger partial charge < -0.3 is 9.73 Å². The molecular formula is C17H13F3N4O2. The molecule has 3 rings (SSSR count). The highest BCUT2D eigenvalue weighted by molar-refractivity contribution is 5.94. The molecule has 3 aromatic rings. The van der Waals surface area contributed by atoms with Crippen molar-refractivity contribution in [2.45, 2.75) is 12.6 Å². The number of hydrogen-bond acceptors (Lipinski definition) is 5. The van der Waals surface area contributed by atoms with Crippen molar-refractivity contribution in [3.05, 3.63) is 65.8 Å². The average molecular weight is 362 g/mol. The lowest BCUT2D eigenvalue weighted by Crippen LogP contribution is -2.26. The highest BCUT2D eigenvalue weighted by atomic mass is 19.4. The van der Waals surface area contributed by atoms with E-state index in [0.717, 1.165) is 11.8 Å². The quantitative estimate of drug-likeness (QED) is 0.754. The summed E-state index contributed by atoms with van der Waals surface area (Å²) in [5.74, 6) is 0.0337. The molecule has 1 N–H and O–H groups in total. The first-order valence-corrected chi connectivity index (χ1v) is 7.63. The van der Waals surface area contributed by atoms with Gasteiger partial charge in [-0.05, 0) is 24.3 Å². The van der Waals surface area contributed by atoms with Gasteiger partial charge >= 0.3 is 6.18 Å². The zero-order valence-electron chi connectivity index (χ0n) is 13.3. The molecule has 2 heterocycles. The number of benzene rings is 1. The van der Waals surface area contributed by atoms with Crippen molar-refractivity contribution in [2.24, 2.45) is 0 Å². The van der Waals surface area contributed by atoms with Crippen LogP contribution in [0.15, 0.2) is 53.1 Å². The highest BCUT2D eigenvalue weighted by Gasteiger charge is 2.32. The van der Waals surface area contributed by atoms with E-state index in [1.54, 1.807) is 0 Å². The number of amides is 1. The molecule has 0 aliphatic rings. The summed E-state index contributed by atoms with van der Waals surface area (Å²) in [5.41, 5.74) is -0.468. The molecule has 0 spiro atoms. The molecule has 0 aliphatic heterocycles. The Bertz CT molecular complexity index is 894. The van der Waals surface area contributed by atoms with Crippen molar-refractivity contribution in [3.8, 4) is 11.5 Å². The number of aromatic nitrogens is 3. The van der Waals surface area contributed by atoms with Crippen LogP contribution in [0.3, 0.4) is 0 Å². The molecule has 0 atom stereocenters. The Kier molecular flexibility index (Phi) is 4.97. The second kappa shape index (κ2) is 7.34. The van der Waals surface area contributed by atoms with Gasteiger partial charge in [0.1, 0.15) is 5.69 Å². The normalized spacial score (nSPS) is 11.3. The summed E-state index contributed by atoms with van der Waals surface area (Å²) in [5, 5.41) is 10.3.